The molecule has 5 rings (SSSR count). The van der Waals surface area contributed by atoms with Crippen molar-refractivity contribution in [3.63, 3.8) is 0 Å². The average molecular weight is 409 g/mol. The number of amides is 1. The number of aromatic amines is 1. The molecule has 0 aliphatic rings. The summed E-state index contributed by atoms with van der Waals surface area (Å²) in [5.74, 6) is 0.618. The van der Waals surface area contributed by atoms with E-state index in [1.165, 1.54) is 6.20 Å². The number of nitrogens with one attached hydrogen (secondary N) is 2. The van der Waals surface area contributed by atoms with Crippen LogP contribution in [0, 0.1) is 0 Å². The Bertz CT molecular complexity index is 1430. The quantitative estimate of drug-likeness (QED) is 0.459. The highest BCUT2D eigenvalue weighted by atomic mass is 16.1. The van der Waals surface area contributed by atoms with Crippen molar-refractivity contribution in [1.29, 1.82) is 0 Å². The lowest BCUT2D eigenvalue weighted by atomic mass is 10.2. The number of H-pyrrole nitrogens is 1. The van der Waals surface area contributed by atoms with Crippen molar-refractivity contribution in [2.75, 3.05) is 5.32 Å². The molecule has 3 aromatic carbocycles. The maximum absolute atomic E-state index is 12.5. The van der Waals surface area contributed by atoms with Gasteiger partial charge in [0.05, 0.1) is 29.3 Å². The van der Waals surface area contributed by atoms with Gasteiger partial charge in [-0.15, -0.1) is 0 Å². The topological polar surface area (TPSA) is 92.7 Å². The van der Waals surface area contributed by atoms with E-state index in [0.717, 1.165) is 27.9 Å². The highest BCUT2D eigenvalue weighted by molar-refractivity contribution is 5.91. The molecule has 31 heavy (non-hydrogen) atoms. The van der Waals surface area contributed by atoms with E-state index in [1.54, 1.807) is 10.7 Å². The molecule has 0 fully saturated rings. The van der Waals surface area contributed by atoms with Crippen molar-refractivity contribution < 1.29 is 4.79 Å². The zero-order chi connectivity index (χ0) is 21.2. The molecule has 0 atom stereocenters. The molecule has 0 saturated carbocycles. The van der Waals surface area contributed by atoms with Crippen LogP contribution in [0.25, 0.3) is 33.3 Å². The summed E-state index contributed by atoms with van der Waals surface area (Å²) in [6.45, 7) is 0.371. The first kappa shape index (κ1) is 18.7. The van der Waals surface area contributed by atoms with Gasteiger partial charge < -0.3 is 10.3 Å². The van der Waals surface area contributed by atoms with Gasteiger partial charge in [-0.1, -0.05) is 36.4 Å². The minimum Gasteiger partial charge on any atom is -0.338 e. The van der Waals surface area contributed by atoms with E-state index in [1.807, 2.05) is 66.7 Å². The molecule has 7 heteroatoms. The molecule has 7 nitrogen and oxygen atoms in total. The van der Waals surface area contributed by atoms with Gasteiger partial charge in [0.15, 0.2) is 0 Å². The summed E-state index contributed by atoms with van der Waals surface area (Å²) in [6.07, 6.45) is 1.52. The fourth-order valence-corrected chi connectivity index (χ4v) is 3.60. The Hall–Kier alpha value is -4.26. The third-order valence-electron chi connectivity index (χ3n) is 5.12. The minimum absolute atomic E-state index is 0.126. The van der Waals surface area contributed by atoms with Gasteiger partial charge in [0.1, 0.15) is 5.82 Å². The van der Waals surface area contributed by atoms with Crippen molar-refractivity contribution in [1.82, 2.24) is 19.7 Å². The lowest BCUT2D eigenvalue weighted by Gasteiger charge is -2.10. The molecule has 2 heterocycles. The van der Waals surface area contributed by atoms with Crippen LogP contribution >= 0.6 is 0 Å². The van der Waals surface area contributed by atoms with Crippen LogP contribution in [0.1, 0.15) is 6.42 Å². The van der Waals surface area contributed by atoms with Crippen molar-refractivity contribution in [2.45, 2.75) is 13.0 Å². The van der Waals surface area contributed by atoms with Crippen molar-refractivity contribution in [3.8, 4) is 11.4 Å². The molecule has 2 N–H and O–H groups in total. The van der Waals surface area contributed by atoms with Crippen LogP contribution in [0.5, 0.6) is 0 Å². The van der Waals surface area contributed by atoms with E-state index in [-0.39, 0.29) is 17.8 Å². The van der Waals surface area contributed by atoms with Crippen LogP contribution in [0.3, 0.4) is 0 Å². The summed E-state index contributed by atoms with van der Waals surface area (Å²) >= 11 is 0. The Balaban J connectivity index is 1.31. The van der Waals surface area contributed by atoms with Gasteiger partial charge >= 0.3 is 0 Å². The van der Waals surface area contributed by atoms with E-state index < -0.39 is 0 Å². The second kappa shape index (κ2) is 7.87. The van der Waals surface area contributed by atoms with Gasteiger partial charge in [-0.3, -0.25) is 14.3 Å². The van der Waals surface area contributed by atoms with Gasteiger partial charge in [-0.25, -0.2) is 4.98 Å². The molecule has 0 aliphatic carbocycles. The summed E-state index contributed by atoms with van der Waals surface area (Å²) in [5, 5.41) is 7.70. The lowest BCUT2D eigenvalue weighted by molar-refractivity contribution is -0.116. The minimum atomic E-state index is -0.133. The lowest BCUT2D eigenvalue weighted by Crippen LogP contribution is -2.18. The van der Waals surface area contributed by atoms with Crippen LogP contribution in [0.15, 0.2) is 83.8 Å². The molecule has 1 amide bonds. The van der Waals surface area contributed by atoms with Gasteiger partial charge in [0.25, 0.3) is 0 Å². The Morgan fingerprint density at radius 1 is 1.00 bits per heavy atom. The van der Waals surface area contributed by atoms with Crippen LogP contribution in [-0.4, -0.2) is 25.7 Å². The van der Waals surface area contributed by atoms with Crippen LogP contribution in [0.4, 0.5) is 5.69 Å². The molecule has 0 aliphatic heterocycles. The Kier molecular flexibility index (Phi) is 4.76. The maximum Gasteiger partial charge on any atom is 0.226 e. The third-order valence-corrected chi connectivity index (χ3v) is 5.12. The number of imidazole rings is 1. The van der Waals surface area contributed by atoms with Gasteiger partial charge in [0.2, 0.25) is 11.3 Å². The number of benzene rings is 3. The first-order valence-electron chi connectivity index (χ1n) is 9.97. The zero-order valence-electron chi connectivity index (χ0n) is 16.6. The Morgan fingerprint density at radius 3 is 2.74 bits per heavy atom. The number of carbonyl (C=O) groups excluding carboxylic acids is 1. The average Bonchev–Trinajstić information content (AvgIpc) is 3.24. The largest absolute Gasteiger partial charge is 0.338 e. The summed E-state index contributed by atoms with van der Waals surface area (Å²) in [4.78, 5) is 32.4. The molecular weight excluding hydrogens is 390 g/mol. The van der Waals surface area contributed by atoms with E-state index in [2.05, 4.69) is 20.4 Å². The third kappa shape index (κ3) is 3.81. The number of carbonyl (C=O) groups is 1. The first-order chi connectivity index (χ1) is 15.2. The number of aryl methyl sites for hydroxylation is 1. The van der Waals surface area contributed by atoms with Crippen LogP contribution < -0.4 is 10.7 Å². The number of nitrogens with zero attached hydrogens (tertiary/aromatic N) is 3. The molecular formula is C24H19N5O2. The Morgan fingerprint density at radius 2 is 1.84 bits per heavy atom. The van der Waals surface area contributed by atoms with E-state index in [9.17, 15) is 9.59 Å². The number of hydrogen-bond donors (Lipinski definition) is 2. The second-order valence-electron chi connectivity index (χ2n) is 7.23. The predicted molar refractivity (Wildman–Crippen MR) is 121 cm³/mol. The van der Waals surface area contributed by atoms with Gasteiger partial charge in [-0.2, -0.15) is 5.10 Å². The molecule has 5 aromatic rings. The number of fused-ring (bicyclic) bond motifs is 2. The highest BCUT2D eigenvalue weighted by Gasteiger charge is 2.09. The summed E-state index contributed by atoms with van der Waals surface area (Å²) in [7, 11) is 0. The molecule has 152 valence electrons. The smallest absolute Gasteiger partial charge is 0.226 e. The summed E-state index contributed by atoms with van der Waals surface area (Å²) < 4.78 is 1.68. The predicted octanol–water partition coefficient (Wildman–Crippen LogP) is 3.97. The maximum atomic E-state index is 12.5. The summed E-state index contributed by atoms with van der Waals surface area (Å²) in [5.41, 5.74) is 4.04. The van der Waals surface area contributed by atoms with E-state index in [4.69, 9.17) is 0 Å². The van der Waals surface area contributed by atoms with Crippen LogP contribution in [-0.2, 0) is 11.3 Å². The number of aromatic nitrogens is 4. The summed E-state index contributed by atoms with van der Waals surface area (Å²) in [6, 6.07) is 22.7. The zero-order valence-corrected chi connectivity index (χ0v) is 16.6. The fourth-order valence-electron chi connectivity index (χ4n) is 3.60. The Labute approximate surface area is 177 Å². The second-order valence-corrected chi connectivity index (χ2v) is 7.23. The number of para-hydroxylation sites is 3. The molecule has 0 spiro atoms. The molecule has 0 saturated heterocycles. The number of rotatable bonds is 5. The van der Waals surface area contributed by atoms with Crippen molar-refractivity contribution in [2.24, 2.45) is 0 Å². The highest BCUT2D eigenvalue weighted by Crippen LogP contribution is 2.23. The van der Waals surface area contributed by atoms with Crippen molar-refractivity contribution >= 4 is 33.5 Å². The van der Waals surface area contributed by atoms with Crippen LogP contribution in [0.2, 0.25) is 0 Å². The molecule has 0 bridgehead atoms. The van der Waals surface area contributed by atoms with E-state index >= 15 is 0 Å². The number of hydrogen-bond acceptors (Lipinski definition) is 4. The SMILES string of the molecule is O=C(CCn1ncc(=O)c2ccccc21)Nc1cccc(-c2nc3ccccc3[nH]2)c1. The molecule has 0 unspecified atom stereocenters. The van der Waals surface area contributed by atoms with Gasteiger partial charge in [-0.05, 0) is 36.4 Å². The van der Waals surface area contributed by atoms with E-state index in [0.29, 0.717) is 17.6 Å². The molecule has 0 radical (unpaired) electrons. The van der Waals surface area contributed by atoms with Crippen molar-refractivity contribution in [3.05, 3.63) is 89.2 Å². The number of anilines is 1. The van der Waals surface area contributed by atoms with Gasteiger partial charge in [0, 0.05) is 23.1 Å². The normalized spacial score (nSPS) is 11.1. The first-order valence-corrected chi connectivity index (χ1v) is 9.97. The standard InChI is InChI=1S/C24H19N5O2/c30-22-15-25-29(21-11-4-1-8-18(21)22)13-12-23(31)26-17-7-5-6-16(14-17)24-27-19-9-2-3-10-20(19)28-24/h1-11,14-15H,12-13H2,(H,26,31)(H,27,28). The fraction of sp³-hybridized carbons (Fsp3) is 0.0833. The molecule has 2 aromatic heterocycles. The monoisotopic (exact) mass is 409 g/mol.